The molecule has 3 rings (SSSR count). The van der Waals surface area contributed by atoms with Gasteiger partial charge >= 0.3 is 33.9 Å². The summed E-state index contributed by atoms with van der Waals surface area (Å²) in [7, 11) is 0. The number of fused-ring (bicyclic) bond motifs is 3. The molecule has 0 fully saturated rings. The minimum absolute atomic E-state index is 0. The Morgan fingerprint density at radius 1 is 0.818 bits per heavy atom. The van der Waals surface area contributed by atoms with Crippen molar-refractivity contribution in [1.29, 1.82) is 0 Å². The molecule has 4 nitrogen and oxygen atoms in total. The summed E-state index contributed by atoms with van der Waals surface area (Å²) in [5, 5.41) is 12.2. The fraction of sp³-hybridized carbons (Fsp3) is 0.235. The molecule has 0 saturated carbocycles. The molecule has 0 bridgehead atoms. The molecular weight excluding hydrogens is 320 g/mol. The monoisotopic (exact) mass is 334 g/mol. The van der Waals surface area contributed by atoms with Crippen molar-refractivity contribution in [3.05, 3.63) is 61.4 Å². The number of hydrogen-bond donors (Lipinski definition) is 1. The standard InChI is InChI=1S/C14H14O.3CO.Cr/c15-14-9-10-5-1-2-6-11(10)12-7-3-4-8-13(12)14;3*1-2;/h3-4,7-9,15H,1-2,5-6H2;;;;. The Bertz CT molecular complexity index is 630. The molecule has 22 heavy (non-hydrogen) atoms. The predicted octanol–water partition coefficient (Wildman–Crippen LogP) is 3.31. The molecule has 0 radical (unpaired) electrons. The van der Waals surface area contributed by atoms with E-state index in [2.05, 4.69) is 32.1 Å². The molecule has 0 spiro atoms. The van der Waals surface area contributed by atoms with Gasteiger partial charge in [0, 0.05) is 22.7 Å². The van der Waals surface area contributed by atoms with Crippen molar-refractivity contribution in [3.8, 4) is 5.75 Å². The number of phenols is 1. The summed E-state index contributed by atoms with van der Waals surface area (Å²) in [6.45, 7) is 13.5. The first-order chi connectivity index (χ1) is 10.4. The van der Waals surface area contributed by atoms with Crippen molar-refractivity contribution in [3.63, 3.8) is 0 Å². The Labute approximate surface area is 140 Å². The van der Waals surface area contributed by atoms with Gasteiger partial charge in [-0.3, -0.25) is 0 Å². The van der Waals surface area contributed by atoms with Gasteiger partial charge in [-0.25, -0.2) is 0 Å². The number of phenolic OH excluding ortho intramolecular Hbond substituents is 1. The SMILES string of the molecule is Oc1cc2c(c3ccccc13)CCCC2.[C-]#[O+].[C-]#[O+].[C-]#[O+].[Cr]. The van der Waals surface area contributed by atoms with Crippen LogP contribution < -0.4 is 0 Å². The number of rotatable bonds is 0. The molecule has 112 valence electrons. The van der Waals surface area contributed by atoms with Crippen LogP contribution in [0, 0.1) is 20.0 Å². The smallest absolute Gasteiger partial charge is 0 e. The maximum Gasteiger partial charge on any atom is 0 e. The first kappa shape index (κ1) is 22.5. The van der Waals surface area contributed by atoms with E-state index in [1.165, 1.54) is 29.4 Å². The second-order valence-corrected chi connectivity index (χ2v) is 4.29. The number of aromatic hydroxyl groups is 1. The second-order valence-electron chi connectivity index (χ2n) is 4.29. The fourth-order valence-electron chi connectivity index (χ4n) is 2.61. The van der Waals surface area contributed by atoms with E-state index in [4.69, 9.17) is 14.0 Å². The Morgan fingerprint density at radius 3 is 1.91 bits per heavy atom. The van der Waals surface area contributed by atoms with Crippen molar-refractivity contribution in [2.24, 2.45) is 0 Å². The minimum atomic E-state index is 0. The molecule has 0 saturated heterocycles. The average molecular weight is 334 g/mol. The van der Waals surface area contributed by atoms with E-state index >= 15 is 0 Å². The molecule has 1 aliphatic carbocycles. The van der Waals surface area contributed by atoms with Crippen LogP contribution in [0.1, 0.15) is 24.0 Å². The molecule has 2 aromatic carbocycles. The van der Waals surface area contributed by atoms with E-state index in [-0.39, 0.29) is 17.4 Å². The van der Waals surface area contributed by atoms with Crippen LogP contribution in [-0.2, 0) is 44.2 Å². The van der Waals surface area contributed by atoms with Gasteiger partial charge in [0.1, 0.15) is 5.75 Å². The summed E-state index contributed by atoms with van der Waals surface area (Å²) in [6, 6.07) is 10.1. The van der Waals surface area contributed by atoms with Crippen LogP contribution in [0.25, 0.3) is 10.8 Å². The zero-order valence-electron chi connectivity index (χ0n) is 11.8. The van der Waals surface area contributed by atoms with Gasteiger partial charge < -0.3 is 5.11 Å². The maximum atomic E-state index is 9.93. The van der Waals surface area contributed by atoms with Crippen molar-refractivity contribution in [2.75, 3.05) is 0 Å². The van der Waals surface area contributed by atoms with Gasteiger partial charge in [0.15, 0.2) is 0 Å². The molecular formula is C17H14CrO4. The number of benzene rings is 2. The molecule has 0 aromatic heterocycles. The Hall–Kier alpha value is -1.75. The van der Waals surface area contributed by atoms with Crippen LogP contribution in [0.4, 0.5) is 0 Å². The number of hydrogen-bond acceptors (Lipinski definition) is 1. The molecule has 2 aromatic rings. The third kappa shape index (κ3) is 5.22. The van der Waals surface area contributed by atoms with E-state index < -0.39 is 0 Å². The van der Waals surface area contributed by atoms with Gasteiger partial charge in [0.2, 0.25) is 0 Å². The van der Waals surface area contributed by atoms with Crippen LogP contribution in [-0.4, -0.2) is 5.11 Å². The third-order valence-electron chi connectivity index (χ3n) is 3.35. The summed E-state index contributed by atoms with van der Waals surface area (Å²) in [6.07, 6.45) is 4.82. The van der Waals surface area contributed by atoms with Gasteiger partial charge in [-0.05, 0) is 48.3 Å². The molecule has 1 aliphatic rings. The largest absolute Gasteiger partial charge is 0 e. The van der Waals surface area contributed by atoms with Gasteiger partial charge in [-0.15, -0.1) is 0 Å². The predicted molar refractivity (Wildman–Crippen MR) is 74.0 cm³/mol. The molecule has 5 heteroatoms. The van der Waals surface area contributed by atoms with Crippen LogP contribution in [0.5, 0.6) is 5.75 Å². The quantitative estimate of drug-likeness (QED) is 0.582. The topological polar surface area (TPSA) is 79.9 Å². The average Bonchev–Trinajstić information content (AvgIpc) is 2.61. The van der Waals surface area contributed by atoms with Crippen molar-refractivity contribution >= 4 is 10.8 Å². The fourth-order valence-corrected chi connectivity index (χ4v) is 2.61. The first-order valence-electron chi connectivity index (χ1n) is 6.20. The molecule has 0 heterocycles. The third-order valence-corrected chi connectivity index (χ3v) is 3.35. The van der Waals surface area contributed by atoms with Gasteiger partial charge in [0.25, 0.3) is 0 Å². The normalized spacial score (nSPS) is 10.6. The molecule has 0 atom stereocenters. The van der Waals surface area contributed by atoms with Crippen LogP contribution in [0.15, 0.2) is 30.3 Å². The summed E-state index contributed by atoms with van der Waals surface area (Å²) in [4.78, 5) is 0. The van der Waals surface area contributed by atoms with E-state index in [9.17, 15) is 5.11 Å². The summed E-state index contributed by atoms with van der Waals surface area (Å²) < 4.78 is 22.5. The Balaban J connectivity index is 0. The van der Waals surface area contributed by atoms with Crippen LogP contribution in [0.2, 0.25) is 0 Å². The van der Waals surface area contributed by atoms with Crippen molar-refractivity contribution in [2.45, 2.75) is 25.7 Å². The summed E-state index contributed by atoms with van der Waals surface area (Å²) >= 11 is 0. The zero-order valence-corrected chi connectivity index (χ0v) is 13.1. The van der Waals surface area contributed by atoms with E-state index in [0.717, 1.165) is 18.2 Å². The molecule has 0 aliphatic heterocycles. The van der Waals surface area contributed by atoms with E-state index in [0.29, 0.717) is 5.75 Å². The molecule has 1 N–H and O–H groups in total. The van der Waals surface area contributed by atoms with Crippen molar-refractivity contribution in [1.82, 2.24) is 0 Å². The summed E-state index contributed by atoms with van der Waals surface area (Å²) in [5.74, 6) is 0.436. The maximum absolute atomic E-state index is 9.93. The Morgan fingerprint density at radius 2 is 1.32 bits per heavy atom. The Kier molecular flexibility index (Phi) is 13.3. The molecule has 0 unspecified atom stereocenters. The van der Waals surface area contributed by atoms with Crippen LogP contribution >= 0.6 is 0 Å². The van der Waals surface area contributed by atoms with Crippen molar-refractivity contribution < 1.29 is 36.4 Å². The van der Waals surface area contributed by atoms with E-state index in [1.54, 1.807) is 0 Å². The van der Waals surface area contributed by atoms with Gasteiger partial charge in [-0.2, -0.15) is 0 Å². The zero-order chi connectivity index (χ0) is 16.3. The molecule has 0 amide bonds. The van der Waals surface area contributed by atoms with E-state index in [1.807, 2.05) is 18.2 Å². The van der Waals surface area contributed by atoms with Gasteiger partial charge in [0.05, 0.1) is 0 Å². The first-order valence-corrected chi connectivity index (χ1v) is 6.20. The second kappa shape index (κ2) is 13.0. The van der Waals surface area contributed by atoms with Gasteiger partial charge in [-0.1, -0.05) is 24.3 Å². The summed E-state index contributed by atoms with van der Waals surface area (Å²) in [5.41, 5.74) is 2.80. The minimum Gasteiger partial charge on any atom is 0 e. The number of aryl methyl sites for hydroxylation is 2. The van der Waals surface area contributed by atoms with Crippen LogP contribution in [0.3, 0.4) is 0 Å².